The van der Waals surface area contributed by atoms with E-state index in [1.54, 1.807) is 0 Å². The average molecular weight is 235 g/mol. The third-order valence-electron chi connectivity index (χ3n) is 1.63. The number of unbranched alkanes of at least 4 members (excludes halogenated alkanes) is 2. The van der Waals surface area contributed by atoms with Crippen molar-refractivity contribution in [2.75, 3.05) is 13.1 Å². The van der Waals surface area contributed by atoms with Gasteiger partial charge in [0.1, 0.15) is 0 Å². The first kappa shape index (κ1) is 12.0. The predicted molar refractivity (Wildman–Crippen MR) is 56.6 cm³/mol. The van der Waals surface area contributed by atoms with Crippen LogP contribution in [0.2, 0.25) is 0 Å². The van der Waals surface area contributed by atoms with Crippen molar-refractivity contribution in [3.63, 3.8) is 0 Å². The van der Waals surface area contributed by atoms with Crippen molar-refractivity contribution >= 4 is 20.2 Å². The van der Waals surface area contributed by atoms with Crippen LogP contribution in [0.3, 0.4) is 0 Å². The number of hydrogen-bond acceptors (Lipinski definition) is 2. The van der Waals surface area contributed by atoms with Gasteiger partial charge in [-0.25, -0.2) is 0 Å². The van der Waals surface area contributed by atoms with E-state index in [0.717, 1.165) is 17.8 Å². The standard InChI is InChI=1S/C9H20N2Se/c1-3-5-7-10-9(12)11-8-6-4-2/h3-8H2,1-2H3,(H2,10,11,12). The summed E-state index contributed by atoms with van der Waals surface area (Å²) >= 11 is 2.99. The van der Waals surface area contributed by atoms with Crippen molar-refractivity contribution in [1.29, 1.82) is 0 Å². The maximum absolute atomic E-state index is 3.29. The van der Waals surface area contributed by atoms with E-state index in [4.69, 9.17) is 0 Å². The molecule has 0 aromatic rings. The minimum atomic E-state index is 1.07. The van der Waals surface area contributed by atoms with Gasteiger partial charge in [0.05, 0.1) is 0 Å². The zero-order valence-corrected chi connectivity index (χ0v) is 9.86. The second-order valence-corrected chi connectivity index (χ2v) is 3.75. The SMILES string of the molecule is CCCCNC(=[Se])NCCCC. The molecular weight excluding hydrogens is 215 g/mol. The van der Waals surface area contributed by atoms with Crippen LogP contribution in [0.25, 0.3) is 0 Å². The van der Waals surface area contributed by atoms with Gasteiger partial charge in [0, 0.05) is 0 Å². The third-order valence-corrected chi connectivity index (χ3v) is 2.24. The van der Waals surface area contributed by atoms with E-state index in [9.17, 15) is 0 Å². The van der Waals surface area contributed by atoms with E-state index in [1.165, 1.54) is 25.7 Å². The molecule has 3 heteroatoms. The molecule has 0 heterocycles. The van der Waals surface area contributed by atoms with Crippen molar-refractivity contribution in [2.45, 2.75) is 39.5 Å². The Kier molecular flexibility index (Phi) is 9.07. The molecule has 0 aliphatic rings. The van der Waals surface area contributed by atoms with E-state index >= 15 is 0 Å². The van der Waals surface area contributed by atoms with Crippen molar-refractivity contribution in [3.8, 4) is 0 Å². The Balaban J connectivity index is 3.10. The second-order valence-electron chi connectivity index (χ2n) is 2.89. The molecule has 0 saturated carbocycles. The Morgan fingerprint density at radius 2 is 1.42 bits per heavy atom. The van der Waals surface area contributed by atoms with Crippen LogP contribution in [0.4, 0.5) is 0 Å². The fourth-order valence-electron chi connectivity index (χ4n) is 0.820. The van der Waals surface area contributed by atoms with Crippen LogP contribution >= 0.6 is 0 Å². The molecule has 2 N–H and O–H groups in total. The summed E-state index contributed by atoms with van der Waals surface area (Å²) < 4.78 is 1.09. The molecule has 0 bridgehead atoms. The van der Waals surface area contributed by atoms with Crippen LogP contribution < -0.4 is 10.6 Å². The van der Waals surface area contributed by atoms with E-state index < -0.39 is 0 Å². The molecule has 72 valence electrons. The van der Waals surface area contributed by atoms with Gasteiger partial charge < -0.3 is 0 Å². The Labute approximate surface area is 83.9 Å². The summed E-state index contributed by atoms with van der Waals surface area (Å²) in [5.41, 5.74) is 0. The number of nitrogens with one attached hydrogen (secondary N) is 2. The summed E-state index contributed by atoms with van der Waals surface area (Å²) in [7, 11) is 0. The Morgan fingerprint density at radius 3 is 1.75 bits per heavy atom. The molecule has 0 aliphatic carbocycles. The number of rotatable bonds is 8. The fourth-order valence-corrected chi connectivity index (χ4v) is 1.25. The molecule has 2 nitrogen and oxygen atoms in total. The van der Waals surface area contributed by atoms with E-state index in [-0.39, 0.29) is 0 Å². The van der Waals surface area contributed by atoms with Gasteiger partial charge in [0.25, 0.3) is 0 Å². The molecular formula is C9H20N2Se. The van der Waals surface area contributed by atoms with Gasteiger partial charge in [-0.3, -0.25) is 0 Å². The van der Waals surface area contributed by atoms with Crippen LogP contribution in [-0.4, -0.2) is 33.3 Å². The van der Waals surface area contributed by atoms with Gasteiger partial charge in [-0.05, 0) is 0 Å². The monoisotopic (exact) mass is 236 g/mol. The summed E-state index contributed by atoms with van der Waals surface area (Å²) in [6.45, 7) is 6.53. The zero-order chi connectivity index (χ0) is 9.23. The van der Waals surface area contributed by atoms with Crippen molar-refractivity contribution in [3.05, 3.63) is 0 Å². The van der Waals surface area contributed by atoms with E-state index in [0.29, 0.717) is 0 Å². The predicted octanol–water partition coefficient (Wildman–Crippen LogP) is 1.02. The molecule has 0 fully saturated rings. The van der Waals surface area contributed by atoms with E-state index in [2.05, 4.69) is 40.1 Å². The Hall–Kier alpha value is -0.0105. The molecule has 0 aromatic carbocycles. The summed E-state index contributed by atoms with van der Waals surface area (Å²) in [6, 6.07) is 0. The van der Waals surface area contributed by atoms with E-state index in [1.807, 2.05) is 0 Å². The molecule has 0 unspecified atom stereocenters. The summed E-state index contributed by atoms with van der Waals surface area (Å²) in [5, 5.41) is 6.58. The molecule has 0 radical (unpaired) electrons. The normalized spacial score (nSPS) is 9.50. The molecule has 0 spiro atoms. The van der Waals surface area contributed by atoms with Crippen LogP contribution in [-0.2, 0) is 0 Å². The molecule has 0 amide bonds. The first-order valence-corrected chi connectivity index (χ1v) is 5.68. The Morgan fingerprint density at radius 1 is 1.00 bits per heavy atom. The zero-order valence-electron chi connectivity index (χ0n) is 8.15. The van der Waals surface area contributed by atoms with Gasteiger partial charge in [-0.2, -0.15) is 0 Å². The molecule has 0 saturated heterocycles. The van der Waals surface area contributed by atoms with Crippen molar-refractivity contribution < 1.29 is 0 Å². The van der Waals surface area contributed by atoms with Crippen LogP contribution in [0.1, 0.15) is 39.5 Å². The molecule has 0 atom stereocenters. The summed E-state index contributed by atoms with van der Waals surface area (Å²) in [5.74, 6) is 0. The van der Waals surface area contributed by atoms with Gasteiger partial charge in [-0.1, -0.05) is 0 Å². The van der Waals surface area contributed by atoms with Crippen LogP contribution in [0, 0.1) is 0 Å². The van der Waals surface area contributed by atoms with Crippen LogP contribution in [0.5, 0.6) is 0 Å². The van der Waals surface area contributed by atoms with Gasteiger partial charge in [-0.15, -0.1) is 0 Å². The third kappa shape index (κ3) is 8.09. The van der Waals surface area contributed by atoms with Crippen molar-refractivity contribution in [1.82, 2.24) is 10.6 Å². The second kappa shape index (κ2) is 9.08. The van der Waals surface area contributed by atoms with Gasteiger partial charge >= 0.3 is 83.5 Å². The quantitative estimate of drug-likeness (QED) is 0.485. The summed E-state index contributed by atoms with van der Waals surface area (Å²) in [4.78, 5) is 0. The average Bonchev–Trinajstić information content (AvgIpc) is 2.06. The maximum atomic E-state index is 3.29. The molecule has 0 aliphatic heterocycles. The first-order valence-electron chi connectivity index (χ1n) is 4.83. The molecule has 0 rings (SSSR count). The Bertz CT molecular complexity index is 103. The molecule has 0 aromatic heterocycles. The van der Waals surface area contributed by atoms with Crippen LogP contribution in [0.15, 0.2) is 0 Å². The van der Waals surface area contributed by atoms with Crippen molar-refractivity contribution in [2.24, 2.45) is 0 Å². The fraction of sp³-hybridized carbons (Fsp3) is 0.889. The minimum absolute atomic E-state index is 1.07. The number of hydrogen-bond donors (Lipinski definition) is 2. The topological polar surface area (TPSA) is 24.1 Å². The first-order chi connectivity index (χ1) is 5.81. The van der Waals surface area contributed by atoms with Gasteiger partial charge in [0.2, 0.25) is 0 Å². The van der Waals surface area contributed by atoms with Gasteiger partial charge in [0.15, 0.2) is 0 Å². The summed E-state index contributed by atoms with van der Waals surface area (Å²) in [6.07, 6.45) is 4.96. The molecule has 12 heavy (non-hydrogen) atoms.